The van der Waals surface area contributed by atoms with Crippen LogP contribution in [0.2, 0.25) is 0 Å². The van der Waals surface area contributed by atoms with E-state index in [9.17, 15) is 8.42 Å². The molecule has 1 heterocycles. The van der Waals surface area contributed by atoms with Gasteiger partial charge in [0.1, 0.15) is 5.01 Å². The third-order valence-corrected chi connectivity index (χ3v) is 5.46. The number of aromatic nitrogens is 1. The standard InChI is InChI=1S/C13H24N2O3S2/c1-9(2)8-12(13-14-10(3)11(4)19-13)15-20(16,17)7-6-18-5/h9,12,15H,6-8H2,1-5H3. The van der Waals surface area contributed by atoms with E-state index in [-0.39, 0.29) is 18.4 Å². The molecule has 0 spiro atoms. The molecule has 0 bridgehead atoms. The van der Waals surface area contributed by atoms with Gasteiger partial charge in [0.15, 0.2) is 0 Å². The maximum atomic E-state index is 12.0. The van der Waals surface area contributed by atoms with Gasteiger partial charge in [0, 0.05) is 12.0 Å². The van der Waals surface area contributed by atoms with Gasteiger partial charge in [-0.3, -0.25) is 0 Å². The highest BCUT2D eigenvalue weighted by atomic mass is 32.2. The Morgan fingerprint density at radius 1 is 1.35 bits per heavy atom. The first-order valence-electron chi connectivity index (χ1n) is 6.68. The van der Waals surface area contributed by atoms with E-state index in [1.165, 1.54) is 7.11 Å². The molecule has 1 atom stereocenters. The normalized spacial score (nSPS) is 13.9. The van der Waals surface area contributed by atoms with Crippen molar-refractivity contribution in [2.75, 3.05) is 19.5 Å². The van der Waals surface area contributed by atoms with Gasteiger partial charge in [-0.15, -0.1) is 11.3 Å². The fraction of sp³-hybridized carbons (Fsp3) is 0.769. The molecule has 0 aliphatic carbocycles. The highest BCUT2D eigenvalue weighted by Gasteiger charge is 2.23. The largest absolute Gasteiger partial charge is 0.384 e. The van der Waals surface area contributed by atoms with Crippen molar-refractivity contribution in [2.24, 2.45) is 5.92 Å². The van der Waals surface area contributed by atoms with Crippen molar-refractivity contribution in [3.63, 3.8) is 0 Å². The summed E-state index contributed by atoms with van der Waals surface area (Å²) in [5.74, 6) is 0.358. The van der Waals surface area contributed by atoms with E-state index in [0.29, 0.717) is 5.92 Å². The number of nitrogens with one attached hydrogen (secondary N) is 1. The number of sulfonamides is 1. The highest BCUT2D eigenvalue weighted by Crippen LogP contribution is 2.28. The van der Waals surface area contributed by atoms with Crippen molar-refractivity contribution in [3.8, 4) is 0 Å². The molecule has 0 amide bonds. The fourth-order valence-corrected chi connectivity index (χ4v) is 3.99. The second kappa shape index (κ2) is 7.49. The molecule has 20 heavy (non-hydrogen) atoms. The molecule has 0 fully saturated rings. The second-order valence-electron chi connectivity index (χ2n) is 5.31. The smallest absolute Gasteiger partial charge is 0.214 e. The molecule has 1 rings (SSSR count). The van der Waals surface area contributed by atoms with Crippen LogP contribution in [-0.4, -0.2) is 32.9 Å². The lowest BCUT2D eigenvalue weighted by Crippen LogP contribution is -2.32. The van der Waals surface area contributed by atoms with Crippen LogP contribution in [0, 0.1) is 19.8 Å². The summed E-state index contributed by atoms with van der Waals surface area (Å²) < 4.78 is 31.7. The summed E-state index contributed by atoms with van der Waals surface area (Å²) in [4.78, 5) is 5.62. The number of ether oxygens (including phenoxy) is 1. The van der Waals surface area contributed by atoms with Crippen molar-refractivity contribution >= 4 is 21.4 Å². The predicted molar refractivity (Wildman–Crippen MR) is 82.6 cm³/mol. The van der Waals surface area contributed by atoms with E-state index in [1.807, 2.05) is 13.8 Å². The van der Waals surface area contributed by atoms with Crippen LogP contribution in [-0.2, 0) is 14.8 Å². The summed E-state index contributed by atoms with van der Waals surface area (Å²) in [5.41, 5.74) is 0.967. The van der Waals surface area contributed by atoms with E-state index >= 15 is 0 Å². The van der Waals surface area contributed by atoms with Gasteiger partial charge in [-0.1, -0.05) is 13.8 Å². The summed E-state index contributed by atoms with van der Waals surface area (Å²) in [6, 6.07) is -0.255. The van der Waals surface area contributed by atoms with Gasteiger partial charge in [-0.05, 0) is 26.2 Å². The van der Waals surface area contributed by atoms with Crippen LogP contribution in [0.4, 0.5) is 0 Å². The monoisotopic (exact) mass is 320 g/mol. The van der Waals surface area contributed by atoms with E-state index in [0.717, 1.165) is 22.0 Å². The van der Waals surface area contributed by atoms with E-state index in [2.05, 4.69) is 23.6 Å². The molecule has 116 valence electrons. The molecule has 1 N–H and O–H groups in total. The van der Waals surface area contributed by atoms with E-state index in [1.54, 1.807) is 11.3 Å². The minimum Gasteiger partial charge on any atom is -0.384 e. The summed E-state index contributed by atoms with van der Waals surface area (Å²) in [7, 11) is -1.85. The lowest BCUT2D eigenvalue weighted by Gasteiger charge is -2.18. The maximum Gasteiger partial charge on any atom is 0.214 e. The Morgan fingerprint density at radius 2 is 2.00 bits per heavy atom. The molecule has 7 heteroatoms. The summed E-state index contributed by atoms with van der Waals surface area (Å²) in [6.45, 7) is 8.29. The number of rotatable bonds is 8. The third kappa shape index (κ3) is 5.47. The Morgan fingerprint density at radius 3 is 2.45 bits per heavy atom. The Labute approximate surface area is 125 Å². The van der Waals surface area contributed by atoms with Crippen LogP contribution in [0.5, 0.6) is 0 Å². The molecule has 0 aliphatic heterocycles. The second-order valence-corrected chi connectivity index (χ2v) is 8.41. The summed E-state index contributed by atoms with van der Waals surface area (Å²) >= 11 is 1.56. The Bertz CT molecular complexity index is 504. The molecule has 0 saturated heterocycles. The quantitative estimate of drug-likeness (QED) is 0.798. The molecule has 0 aliphatic rings. The first-order valence-corrected chi connectivity index (χ1v) is 9.15. The van der Waals surface area contributed by atoms with Gasteiger partial charge >= 0.3 is 0 Å². The zero-order chi connectivity index (χ0) is 15.3. The molecule has 1 aromatic rings. The van der Waals surface area contributed by atoms with Crippen LogP contribution >= 0.6 is 11.3 Å². The first-order chi connectivity index (χ1) is 9.25. The number of nitrogens with zero attached hydrogens (tertiary/aromatic N) is 1. The van der Waals surface area contributed by atoms with Gasteiger partial charge in [0.2, 0.25) is 10.0 Å². The summed E-state index contributed by atoms with van der Waals surface area (Å²) in [5, 5.41) is 0.842. The van der Waals surface area contributed by atoms with Gasteiger partial charge in [-0.2, -0.15) is 0 Å². The fourth-order valence-electron chi connectivity index (χ4n) is 1.79. The summed E-state index contributed by atoms with van der Waals surface area (Å²) in [6.07, 6.45) is 0.735. The Balaban J connectivity index is 2.90. The molecule has 1 unspecified atom stereocenters. The minimum atomic E-state index is -3.35. The van der Waals surface area contributed by atoms with Gasteiger partial charge in [0.25, 0.3) is 0 Å². The van der Waals surface area contributed by atoms with Crippen molar-refractivity contribution in [1.29, 1.82) is 0 Å². The lowest BCUT2D eigenvalue weighted by atomic mass is 10.1. The highest BCUT2D eigenvalue weighted by molar-refractivity contribution is 7.89. The molecule has 5 nitrogen and oxygen atoms in total. The molecule has 0 saturated carbocycles. The molecule has 0 aromatic carbocycles. The molecule has 1 aromatic heterocycles. The van der Waals surface area contributed by atoms with Crippen molar-refractivity contribution in [1.82, 2.24) is 9.71 Å². The topological polar surface area (TPSA) is 68.3 Å². The van der Waals surface area contributed by atoms with Crippen molar-refractivity contribution in [2.45, 2.75) is 40.2 Å². The number of methoxy groups -OCH3 is 1. The lowest BCUT2D eigenvalue weighted by molar-refractivity contribution is 0.216. The number of thiazole rings is 1. The predicted octanol–water partition coefficient (Wildman–Crippen LogP) is 2.41. The Kier molecular flexibility index (Phi) is 6.57. The number of hydrogen-bond donors (Lipinski definition) is 1. The maximum absolute atomic E-state index is 12.0. The molecule has 0 radical (unpaired) electrons. The van der Waals surface area contributed by atoms with Gasteiger partial charge in [0.05, 0.1) is 24.1 Å². The average molecular weight is 320 g/mol. The molecular formula is C13H24N2O3S2. The van der Waals surface area contributed by atoms with Crippen LogP contribution in [0.1, 0.15) is 41.9 Å². The molecular weight excluding hydrogens is 296 g/mol. The van der Waals surface area contributed by atoms with Gasteiger partial charge < -0.3 is 4.74 Å². The number of hydrogen-bond acceptors (Lipinski definition) is 5. The van der Waals surface area contributed by atoms with E-state index < -0.39 is 10.0 Å². The van der Waals surface area contributed by atoms with Crippen molar-refractivity contribution < 1.29 is 13.2 Å². The van der Waals surface area contributed by atoms with Gasteiger partial charge in [-0.25, -0.2) is 18.1 Å². The average Bonchev–Trinajstić information content (AvgIpc) is 2.65. The first kappa shape index (κ1) is 17.6. The Hall–Kier alpha value is -0.500. The zero-order valence-corrected chi connectivity index (χ0v) is 14.4. The minimum absolute atomic E-state index is 0.0264. The van der Waals surface area contributed by atoms with Crippen LogP contribution in [0.3, 0.4) is 0 Å². The van der Waals surface area contributed by atoms with Crippen LogP contribution < -0.4 is 4.72 Å². The van der Waals surface area contributed by atoms with E-state index in [4.69, 9.17) is 4.74 Å². The zero-order valence-electron chi connectivity index (χ0n) is 12.8. The van der Waals surface area contributed by atoms with Crippen molar-refractivity contribution in [3.05, 3.63) is 15.6 Å². The SMILES string of the molecule is COCCS(=O)(=O)NC(CC(C)C)c1nc(C)c(C)s1. The third-order valence-electron chi connectivity index (χ3n) is 2.93. The van der Waals surface area contributed by atoms with Crippen LogP contribution in [0.25, 0.3) is 0 Å². The number of aryl methyl sites for hydroxylation is 2. The van der Waals surface area contributed by atoms with Crippen LogP contribution in [0.15, 0.2) is 0 Å².